The van der Waals surface area contributed by atoms with E-state index in [4.69, 9.17) is 0 Å². The fourth-order valence-electron chi connectivity index (χ4n) is 4.54. The molecule has 1 aliphatic carbocycles. The lowest BCUT2D eigenvalue weighted by molar-refractivity contribution is 0.398. The van der Waals surface area contributed by atoms with Crippen molar-refractivity contribution in [2.45, 2.75) is 23.3 Å². The lowest BCUT2D eigenvalue weighted by atomic mass is 9.77. The molecule has 0 fully saturated rings. The van der Waals surface area contributed by atoms with Crippen LogP contribution >= 0.6 is 0 Å². The summed E-state index contributed by atoms with van der Waals surface area (Å²) in [6.07, 6.45) is 8.13. The monoisotopic (exact) mass is 438 g/mol. The Labute approximate surface area is 182 Å². The number of sulfonamides is 1. The number of rotatable bonds is 7. The van der Waals surface area contributed by atoms with Gasteiger partial charge in [-0.2, -0.15) is 4.31 Å². The minimum atomic E-state index is -3.69. The van der Waals surface area contributed by atoms with Crippen LogP contribution < -0.4 is 5.32 Å². The van der Waals surface area contributed by atoms with Gasteiger partial charge in [0.1, 0.15) is 11.5 Å². The molecule has 0 radical (unpaired) electrons. The highest BCUT2D eigenvalue weighted by molar-refractivity contribution is 7.89. The molecule has 0 spiro atoms. The maximum absolute atomic E-state index is 13.2. The zero-order valence-corrected chi connectivity index (χ0v) is 17.9. The van der Waals surface area contributed by atoms with Gasteiger partial charge in [-0.1, -0.05) is 24.3 Å². The number of phenols is 2. The SMILES string of the molecule is C=CCN(CC=C)S(=O)(=O)c1ccc2c(c1)C1C=CCC1C(c1ccc(O)cc1O)N2. The van der Waals surface area contributed by atoms with Gasteiger partial charge < -0.3 is 15.5 Å². The largest absolute Gasteiger partial charge is 0.508 e. The van der Waals surface area contributed by atoms with Crippen molar-refractivity contribution in [3.05, 3.63) is 85.0 Å². The minimum absolute atomic E-state index is 0.0111. The molecular weight excluding hydrogens is 412 g/mol. The van der Waals surface area contributed by atoms with Crippen LogP contribution in [-0.2, 0) is 10.0 Å². The number of nitrogens with one attached hydrogen (secondary N) is 1. The molecule has 3 N–H and O–H groups in total. The van der Waals surface area contributed by atoms with Gasteiger partial charge in [-0.05, 0) is 48.2 Å². The second-order valence-corrected chi connectivity index (χ2v) is 9.80. The smallest absolute Gasteiger partial charge is 0.243 e. The Hall–Kier alpha value is -3.03. The van der Waals surface area contributed by atoms with E-state index in [1.807, 2.05) is 0 Å². The van der Waals surface area contributed by atoms with Crippen molar-refractivity contribution in [2.75, 3.05) is 18.4 Å². The molecule has 31 heavy (non-hydrogen) atoms. The Bertz CT molecular complexity index is 1150. The van der Waals surface area contributed by atoms with Crippen molar-refractivity contribution < 1.29 is 18.6 Å². The first-order valence-corrected chi connectivity index (χ1v) is 11.6. The van der Waals surface area contributed by atoms with Crippen LogP contribution in [0.1, 0.15) is 29.5 Å². The minimum Gasteiger partial charge on any atom is -0.508 e. The number of phenolic OH excluding ortho intramolecular Hbond substituents is 2. The first kappa shape index (κ1) is 21.2. The predicted octanol–water partition coefficient (Wildman–Crippen LogP) is 4.29. The van der Waals surface area contributed by atoms with Crippen molar-refractivity contribution in [1.29, 1.82) is 0 Å². The molecule has 3 unspecified atom stereocenters. The highest BCUT2D eigenvalue weighted by Crippen LogP contribution is 2.51. The topological polar surface area (TPSA) is 89.9 Å². The van der Waals surface area contributed by atoms with E-state index in [9.17, 15) is 18.6 Å². The van der Waals surface area contributed by atoms with Crippen molar-refractivity contribution in [3.63, 3.8) is 0 Å². The average molecular weight is 439 g/mol. The van der Waals surface area contributed by atoms with Gasteiger partial charge in [-0.25, -0.2) is 8.42 Å². The molecule has 1 aliphatic heterocycles. The van der Waals surface area contributed by atoms with Gasteiger partial charge >= 0.3 is 0 Å². The molecule has 2 aliphatic rings. The van der Waals surface area contributed by atoms with Crippen molar-refractivity contribution in [3.8, 4) is 11.5 Å². The summed E-state index contributed by atoms with van der Waals surface area (Å²) in [5.74, 6) is 0.197. The highest BCUT2D eigenvalue weighted by Gasteiger charge is 2.39. The van der Waals surface area contributed by atoms with E-state index in [0.29, 0.717) is 5.56 Å². The third-order valence-electron chi connectivity index (χ3n) is 5.99. The Morgan fingerprint density at radius 1 is 1.06 bits per heavy atom. The van der Waals surface area contributed by atoms with Crippen molar-refractivity contribution >= 4 is 15.7 Å². The second-order valence-electron chi connectivity index (χ2n) is 7.87. The molecule has 0 aromatic heterocycles. The van der Waals surface area contributed by atoms with Gasteiger partial charge in [0.05, 0.1) is 10.9 Å². The maximum Gasteiger partial charge on any atom is 0.243 e. The molecule has 162 valence electrons. The molecule has 0 saturated heterocycles. The molecule has 2 aromatic rings. The predicted molar refractivity (Wildman–Crippen MR) is 122 cm³/mol. The van der Waals surface area contributed by atoms with E-state index in [-0.39, 0.29) is 47.4 Å². The summed E-state index contributed by atoms with van der Waals surface area (Å²) >= 11 is 0. The standard InChI is InChI=1S/C24H26N2O4S/c1-3-12-26(13-4-2)31(29,30)17-9-11-22-21(15-17)18-6-5-7-19(18)24(25-22)20-10-8-16(27)14-23(20)28/h3-6,8-11,14-15,18-19,24-25,27-28H,1-2,7,12-13H2. The van der Waals surface area contributed by atoms with E-state index in [1.165, 1.54) is 10.4 Å². The van der Waals surface area contributed by atoms with Crippen LogP contribution in [0.3, 0.4) is 0 Å². The molecule has 1 heterocycles. The zero-order valence-electron chi connectivity index (χ0n) is 17.1. The fourth-order valence-corrected chi connectivity index (χ4v) is 5.96. The number of hydrogen-bond donors (Lipinski definition) is 3. The fraction of sp³-hybridized carbons (Fsp3) is 0.250. The number of fused-ring (bicyclic) bond motifs is 3. The van der Waals surface area contributed by atoms with Gasteiger partial charge in [0.2, 0.25) is 10.0 Å². The summed E-state index contributed by atoms with van der Waals surface area (Å²) < 4.78 is 27.7. The van der Waals surface area contributed by atoms with Gasteiger partial charge in [-0.15, -0.1) is 13.2 Å². The quantitative estimate of drug-likeness (QED) is 0.561. The third kappa shape index (κ3) is 3.75. The van der Waals surface area contributed by atoms with Gasteiger partial charge in [-0.3, -0.25) is 0 Å². The average Bonchev–Trinajstić information content (AvgIpc) is 3.23. The van der Waals surface area contributed by atoms with E-state index >= 15 is 0 Å². The highest BCUT2D eigenvalue weighted by atomic mass is 32.2. The summed E-state index contributed by atoms with van der Waals surface area (Å²) in [6.45, 7) is 7.73. The third-order valence-corrected chi connectivity index (χ3v) is 7.81. The molecule has 2 aromatic carbocycles. The maximum atomic E-state index is 13.2. The molecule has 6 nitrogen and oxygen atoms in total. The van der Waals surface area contributed by atoms with Gasteiger partial charge in [0.25, 0.3) is 0 Å². The van der Waals surface area contributed by atoms with E-state index in [2.05, 4.69) is 30.6 Å². The first-order valence-electron chi connectivity index (χ1n) is 10.2. The van der Waals surface area contributed by atoms with E-state index in [0.717, 1.165) is 17.7 Å². The summed E-state index contributed by atoms with van der Waals surface area (Å²) in [4.78, 5) is 0.238. The number of allylic oxidation sites excluding steroid dienone is 2. The zero-order chi connectivity index (χ0) is 22.2. The summed E-state index contributed by atoms with van der Waals surface area (Å²) in [5, 5.41) is 23.5. The number of anilines is 1. The van der Waals surface area contributed by atoms with E-state index in [1.54, 1.807) is 42.5 Å². The van der Waals surface area contributed by atoms with Crippen LogP contribution in [0.25, 0.3) is 0 Å². The first-order chi connectivity index (χ1) is 14.9. The Balaban J connectivity index is 1.74. The number of benzene rings is 2. The summed E-state index contributed by atoms with van der Waals surface area (Å²) in [7, 11) is -3.69. The van der Waals surface area contributed by atoms with Gasteiger partial charge in [0.15, 0.2) is 0 Å². The molecule has 0 amide bonds. The molecule has 0 saturated carbocycles. The lowest BCUT2D eigenvalue weighted by Crippen LogP contribution is -2.32. The normalized spacial score (nSPS) is 21.9. The molecule has 3 atom stereocenters. The number of aromatic hydroxyl groups is 2. The van der Waals surface area contributed by atoms with Crippen LogP contribution in [0.15, 0.2) is 78.8 Å². The molecular formula is C24H26N2O4S. The Kier molecular flexibility index (Phi) is 5.64. The van der Waals surface area contributed by atoms with Gasteiger partial charge in [0, 0.05) is 36.3 Å². The number of hydrogen-bond acceptors (Lipinski definition) is 5. The molecule has 0 bridgehead atoms. The van der Waals surface area contributed by atoms with Crippen LogP contribution in [-0.4, -0.2) is 36.0 Å². The van der Waals surface area contributed by atoms with Crippen LogP contribution in [0.5, 0.6) is 11.5 Å². The Morgan fingerprint density at radius 2 is 1.81 bits per heavy atom. The molecule has 7 heteroatoms. The Morgan fingerprint density at radius 3 is 2.48 bits per heavy atom. The summed E-state index contributed by atoms with van der Waals surface area (Å²) in [6, 6.07) is 9.61. The van der Waals surface area contributed by atoms with Crippen molar-refractivity contribution in [2.24, 2.45) is 5.92 Å². The van der Waals surface area contributed by atoms with E-state index < -0.39 is 10.0 Å². The second kappa shape index (κ2) is 8.24. The summed E-state index contributed by atoms with van der Waals surface area (Å²) in [5.41, 5.74) is 2.47. The lowest BCUT2D eigenvalue weighted by Gasteiger charge is -2.38. The van der Waals surface area contributed by atoms with Crippen molar-refractivity contribution in [1.82, 2.24) is 4.31 Å². The molecule has 4 rings (SSSR count). The number of nitrogens with zero attached hydrogens (tertiary/aromatic N) is 1. The van der Waals surface area contributed by atoms with Crippen LogP contribution in [0, 0.1) is 5.92 Å². The van der Waals surface area contributed by atoms with Crippen LogP contribution in [0.2, 0.25) is 0 Å². The van der Waals surface area contributed by atoms with Crippen LogP contribution in [0.4, 0.5) is 5.69 Å².